The average Bonchev–Trinajstić information content (AvgIpc) is 3.76. The van der Waals surface area contributed by atoms with Crippen LogP contribution in [0.5, 0.6) is 11.8 Å². The highest BCUT2D eigenvalue weighted by Gasteiger charge is 2.49. The molecule has 4 saturated heterocycles. The van der Waals surface area contributed by atoms with Crippen LogP contribution < -0.4 is 15.0 Å². The Labute approximate surface area is 248 Å². The van der Waals surface area contributed by atoms with Crippen LogP contribution in [0.25, 0.3) is 32.8 Å². The quantitative estimate of drug-likeness (QED) is 0.321. The molecule has 0 saturated carbocycles. The first-order valence-electron chi connectivity index (χ1n) is 15.2. The first kappa shape index (κ1) is 26.6. The number of fused-ring (bicyclic) bond motifs is 4. The predicted octanol–water partition coefficient (Wildman–Crippen LogP) is 5.03. The van der Waals surface area contributed by atoms with Crippen molar-refractivity contribution in [2.45, 2.75) is 43.4 Å². The summed E-state index contributed by atoms with van der Waals surface area (Å²) in [5.41, 5.74) is 1.15. The molecule has 4 atom stereocenters. The number of aromatic hydroxyl groups is 1. The largest absolute Gasteiger partial charge is 0.508 e. The standard InChI is InChI=1S/C34H33F2N5O2/c1-2-20-5-3-6-21-13-24(42)14-27(29(20)21)25-7-8-26-31(30(25)36)38-33(39-32(26)40-16-22-9-11-37-28(22)18-40)43-19-34-10-4-12-41(34)17-23(35)15-34/h1,3,5-8,13-14,22-23,28,37,42H,4,9-12,15-19H2/t22?,23-,28?,34+/m1/s1. The zero-order valence-corrected chi connectivity index (χ0v) is 23.8. The van der Waals surface area contributed by atoms with Crippen molar-refractivity contribution in [3.05, 3.63) is 53.8 Å². The van der Waals surface area contributed by atoms with Crippen LogP contribution in [0.2, 0.25) is 0 Å². The Balaban J connectivity index is 1.26. The summed E-state index contributed by atoms with van der Waals surface area (Å²) in [4.78, 5) is 13.9. The summed E-state index contributed by atoms with van der Waals surface area (Å²) in [6, 6.07) is 12.7. The van der Waals surface area contributed by atoms with Crippen molar-refractivity contribution in [2.24, 2.45) is 5.92 Å². The van der Waals surface area contributed by atoms with E-state index >= 15 is 4.39 Å². The van der Waals surface area contributed by atoms with E-state index in [2.05, 4.69) is 26.0 Å². The Morgan fingerprint density at radius 2 is 2.05 bits per heavy atom. The smallest absolute Gasteiger partial charge is 0.319 e. The van der Waals surface area contributed by atoms with E-state index in [-0.39, 0.29) is 35.0 Å². The fraction of sp³-hybridized carbons (Fsp3) is 0.412. The fourth-order valence-corrected chi connectivity index (χ4v) is 8.05. The number of benzene rings is 3. The van der Waals surface area contributed by atoms with Crippen LogP contribution in [0.15, 0.2) is 42.5 Å². The number of terminal acetylenes is 1. The van der Waals surface area contributed by atoms with Crippen molar-refractivity contribution in [1.82, 2.24) is 20.2 Å². The molecule has 0 bridgehead atoms. The SMILES string of the molecule is C#Cc1cccc2cc(O)cc(-c3ccc4c(N5CC6CCNC6C5)nc(OC[C@@]56CCCN5C[C@H](F)C6)nc4c3F)c12. The van der Waals surface area contributed by atoms with Gasteiger partial charge in [0.15, 0.2) is 5.82 Å². The van der Waals surface area contributed by atoms with E-state index in [1.165, 1.54) is 0 Å². The first-order chi connectivity index (χ1) is 20.9. The summed E-state index contributed by atoms with van der Waals surface area (Å²) < 4.78 is 37.5. The van der Waals surface area contributed by atoms with Crippen LogP contribution in [0, 0.1) is 24.1 Å². The van der Waals surface area contributed by atoms with Gasteiger partial charge in [0.05, 0.1) is 5.54 Å². The summed E-state index contributed by atoms with van der Waals surface area (Å²) in [7, 11) is 0. The highest BCUT2D eigenvalue weighted by atomic mass is 19.1. The highest BCUT2D eigenvalue weighted by Crippen LogP contribution is 2.42. The van der Waals surface area contributed by atoms with E-state index in [0.29, 0.717) is 52.6 Å². The van der Waals surface area contributed by atoms with Crippen molar-refractivity contribution in [3.63, 3.8) is 0 Å². The number of ether oxygens (including phenoxy) is 1. The summed E-state index contributed by atoms with van der Waals surface area (Å²) in [6.45, 7) is 4.12. The van der Waals surface area contributed by atoms with Crippen LogP contribution in [-0.2, 0) is 0 Å². The van der Waals surface area contributed by atoms with Gasteiger partial charge in [0.1, 0.15) is 29.9 Å². The molecule has 2 N–H and O–H groups in total. The van der Waals surface area contributed by atoms with Gasteiger partial charge in [-0.15, -0.1) is 6.42 Å². The molecule has 4 aromatic rings. The van der Waals surface area contributed by atoms with Gasteiger partial charge in [0, 0.05) is 54.0 Å². The molecule has 43 heavy (non-hydrogen) atoms. The minimum Gasteiger partial charge on any atom is -0.508 e. The molecule has 0 radical (unpaired) electrons. The van der Waals surface area contributed by atoms with Crippen LogP contribution in [0.3, 0.4) is 0 Å². The molecule has 7 nitrogen and oxygen atoms in total. The molecule has 0 spiro atoms. The van der Waals surface area contributed by atoms with Crippen molar-refractivity contribution < 1.29 is 18.6 Å². The monoisotopic (exact) mass is 581 g/mol. The lowest BCUT2D eigenvalue weighted by atomic mass is 9.93. The first-order valence-corrected chi connectivity index (χ1v) is 15.2. The summed E-state index contributed by atoms with van der Waals surface area (Å²) in [6.07, 6.45) is 8.33. The van der Waals surface area contributed by atoms with Crippen molar-refractivity contribution in [3.8, 4) is 35.2 Å². The highest BCUT2D eigenvalue weighted by molar-refractivity contribution is 6.04. The van der Waals surface area contributed by atoms with E-state index in [9.17, 15) is 9.50 Å². The molecule has 0 aliphatic carbocycles. The Morgan fingerprint density at radius 1 is 1.14 bits per heavy atom. The molecule has 3 aromatic carbocycles. The molecule has 4 aliphatic rings. The Kier molecular flexibility index (Phi) is 6.21. The van der Waals surface area contributed by atoms with Crippen LogP contribution in [-0.4, -0.2) is 77.1 Å². The van der Waals surface area contributed by atoms with Gasteiger partial charge in [0.2, 0.25) is 0 Å². The third kappa shape index (κ3) is 4.30. The second kappa shape index (κ2) is 10.0. The molecular weight excluding hydrogens is 548 g/mol. The molecular formula is C34H33F2N5O2. The van der Waals surface area contributed by atoms with Gasteiger partial charge in [-0.3, -0.25) is 4.90 Å². The van der Waals surface area contributed by atoms with Crippen LogP contribution >= 0.6 is 0 Å². The molecule has 220 valence electrons. The maximum atomic E-state index is 16.8. The van der Waals surface area contributed by atoms with E-state index in [4.69, 9.17) is 16.1 Å². The lowest BCUT2D eigenvalue weighted by Crippen LogP contribution is -2.43. The van der Waals surface area contributed by atoms with Gasteiger partial charge < -0.3 is 20.1 Å². The van der Waals surface area contributed by atoms with E-state index < -0.39 is 12.0 Å². The Bertz CT molecular complexity index is 1800. The Morgan fingerprint density at radius 3 is 2.91 bits per heavy atom. The normalized spacial score (nSPS) is 26.7. The number of aromatic nitrogens is 2. The second-order valence-electron chi connectivity index (χ2n) is 12.6. The van der Waals surface area contributed by atoms with Gasteiger partial charge in [-0.1, -0.05) is 24.1 Å². The number of hydrogen-bond donors (Lipinski definition) is 2. The molecule has 9 heteroatoms. The molecule has 8 rings (SSSR count). The molecule has 1 aromatic heterocycles. The van der Waals surface area contributed by atoms with E-state index in [1.54, 1.807) is 18.2 Å². The molecule has 4 aliphatic heterocycles. The minimum absolute atomic E-state index is 0.0165. The molecule has 4 fully saturated rings. The van der Waals surface area contributed by atoms with Crippen LogP contribution in [0.1, 0.15) is 31.2 Å². The number of anilines is 1. The number of hydrogen-bond acceptors (Lipinski definition) is 7. The summed E-state index contributed by atoms with van der Waals surface area (Å²) >= 11 is 0. The van der Waals surface area contributed by atoms with Crippen LogP contribution in [0.4, 0.5) is 14.6 Å². The molecule has 2 unspecified atom stereocenters. The van der Waals surface area contributed by atoms with E-state index in [0.717, 1.165) is 50.8 Å². The van der Waals surface area contributed by atoms with E-state index in [1.807, 2.05) is 24.3 Å². The number of halogens is 2. The van der Waals surface area contributed by atoms with Gasteiger partial charge in [-0.25, -0.2) is 8.78 Å². The van der Waals surface area contributed by atoms with Gasteiger partial charge in [-0.05, 0) is 73.5 Å². The predicted molar refractivity (Wildman–Crippen MR) is 163 cm³/mol. The third-order valence-corrected chi connectivity index (χ3v) is 10.1. The number of alkyl halides is 1. The molecule has 5 heterocycles. The average molecular weight is 582 g/mol. The maximum absolute atomic E-state index is 16.8. The van der Waals surface area contributed by atoms with Crippen molar-refractivity contribution >= 4 is 27.5 Å². The maximum Gasteiger partial charge on any atom is 0.319 e. The fourth-order valence-electron chi connectivity index (χ4n) is 8.05. The third-order valence-electron chi connectivity index (χ3n) is 10.1. The lowest BCUT2D eigenvalue weighted by molar-refractivity contribution is 0.107. The minimum atomic E-state index is -0.876. The van der Waals surface area contributed by atoms with Gasteiger partial charge >= 0.3 is 6.01 Å². The van der Waals surface area contributed by atoms with Crippen molar-refractivity contribution in [1.29, 1.82) is 0 Å². The summed E-state index contributed by atoms with van der Waals surface area (Å²) in [5.74, 6) is 3.33. The number of phenolic OH excluding ortho intramolecular Hbond substituents is 1. The van der Waals surface area contributed by atoms with Crippen molar-refractivity contribution in [2.75, 3.05) is 44.2 Å². The lowest BCUT2D eigenvalue weighted by Gasteiger charge is -2.31. The number of nitrogens with one attached hydrogen (secondary N) is 1. The second-order valence-corrected chi connectivity index (χ2v) is 12.6. The number of phenols is 1. The zero-order chi connectivity index (χ0) is 29.3. The number of rotatable bonds is 5. The topological polar surface area (TPSA) is 73.8 Å². The summed E-state index contributed by atoms with van der Waals surface area (Å²) in [5, 5.41) is 16.1. The van der Waals surface area contributed by atoms with Gasteiger partial charge in [0.25, 0.3) is 0 Å². The zero-order valence-electron chi connectivity index (χ0n) is 23.8. The Hall–Kier alpha value is -4.00. The van der Waals surface area contributed by atoms with Gasteiger partial charge in [-0.2, -0.15) is 9.97 Å². The number of nitrogens with zero attached hydrogens (tertiary/aromatic N) is 4. The molecule has 0 amide bonds.